The van der Waals surface area contributed by atoms with Crippen molar-refractivity contribution in [3.05, 3.63) is 0 Å². The van der Waals surface area contributed by atoms with Crippen molar-refractivity contribution in [2.45, 2.75) is 85.0 Å². The Balaban J connectivity index is 4.56. The third-order valence-corrected chi connectivity index (χ3v) is 3.71. The van der Waals surface area contributed by atoms with Crippen LogP contribution in [0.5, 0.6) is 0 Å². The quantitative estimate of drug-likeness (QED) is 0.552. The molecule has 0 amide bonds. The Bertz CT molecular complexity index is 177. The first kappa shape index (κ1) is 16.5. The fourth-order valence-electron chi connectivity index (χ4n) is 2.62. The Kier molecular flexibility index (Phi) is 9.20. The van der Waals surface area contributed by atoms with E-state index in [1.54, 1.807) is 0 Å². The summed E-state index contributed by atoms with van der Waals surface area (Å²) in [4.78, 5) is 11.1. The Morgan fingerprint density at radius 2 is 1.24 bits per heavy atom. The van der Waals surface area contributed by atoms with Gasteiger partial charge in [-0.05, 0) is 24.7 Å². The summed E-state index contributed by atoms with van der Waals surface area (Å²) in [5, 5.41) is 9.15. The second-order valence-corrected chi connectivity index (χ2v) is 5.38. The summed E-state index contributed by atoms with van der Waals surface area (Å²) in [6, 6.07) is 0. The molecular weight excluding hydrogens is 212 g/mol. The number of unbranched alkanes of at least 4 members (excludes halogenated alkanes) is 3. The first-order chi connectivity index (χ1) is 8.10. The molecule has 17 heavy (non-hydrogen) atoms. The van der Waals surface area contributed by atoms with Gasteiger partial charge >= 0.3 is 5.97 Å². The highest BCUT2D eigenvalue weighted by molar-refractivity contribution is 5.67. The van der Waals surface area contributed by atoms with Crippen LogP contribution >= 0.6 is 0 Å². The molecule has 0 aromatic carbocycles. The SMILES string of the molecule is CCCCC(CCCC)(CCCC)CC(=O)O. The van der Waals surface area contributed by atoms with E-state index in [2.05, 4.69) is 20.8 Å². The number of hydrogen-bond donors (Lipinski definition) is 1. The van der Waals surface area contributed by atoms with Crippen LogP contribution in [0.3, 0.4) is 0 Å². The molecule has 0 aliphatic heterocycles. The standard InChI is InChI=1S/C15H30O2/c1-4-7-10-15(11-8-5-2,12-9-6-3)13-14(16)17/h4-13H2,1-3H3,(H,16,17). The molecular formula is C15H30O2. The lowest BCUT2D eigenvalue weighted by Crippen LogP contribution is -2.25. The average molecular weight is 242 g/mol. The molecule has 1 N–H and O–H groups in total. The van der Waals surface area contributed by atoms with Gasteiger partial charge in [-0.1, -0.05) is 59.3 Å². The smallest absolute Gasteiger partial charge is 0.303 e. The van der Waals surface area contributed by atoms with E-state index in [0.717, 1.165) is 19.3 Å². The summed E-state index contributed by atoms with van der Waals surface area (Å²) in [6.07, 6.45) is 10.6. The van der Waals surface area contributed by atoms with Gasteiger partial charge < -0.3 is 5.11 Å². The van der Waals surface area contributed by atoms with Gasteiger partial charge in [-0.2, -0.15) is 0 Å². The van der Waals surface area contributed by atoms with Crippen molar-refractivity contribution in [3.63, 3.8) is 0 Å². The van der Waals surface area contributed by atoms with Gasteiger partial charge in [-0.25, -0.2) is 0 Å². The van der Waals surface area contributed by atoms with Crippen molar-refractivity contribution in [2.24, 2.45) is 5.41 Å². The molecule has 0 aromatic rings. The van der Waals surface area contributed by atoms with Crippen molar-refractivity contribution < 1.29 is 9.90 Å². The van der Waals surface area contributed by atoms with E-state index < -0.39 is 5.97 Å². The minimum Gasteiger partial charge on any atom is -0.481 e. The van der Waals surface area contributed by atoms with Gasteiger partial charge in [-0.15, -0.1) is 0 Å². The Morgan fingerprint density at radius 3 is 1.47 bits per heavy atom. The zero-order valence-electron chi connectivity index (χ0n) is 11.9. The second kappa shape index (κ2) is 9.49. The highest BCUT2D eigenvalue weighted by Gasteiger charge is 2.30. The van der Waals surface area contributed by atoms with E-state index in [0.29, 0.717) is 6.42 Å². The van der Waals surface area contributed by atoms with Crippen LogP contribution in [0.4, 0.5) is 0 Å². The molecule has 102 valence electrons. The predicted molar refractivity (Wildman–Crippen MR) is 73.3 cm³/mol. The zero-order valence-corrected chi connectivity index (χ0v) is 11.9. The highest BCUT2D eigenvalue weighted by atomic mass is 16.4. The van der Waals surface area contributed by atoms with Crippen molar-refractivity contribution in [2.75, 3.05) is 0 Å². The Morgan fingerprint density at radius 1 is 0.882 bits per heavy atom. The lowest BCUT2D eigenvalue weighted by Gasteiger charge is -2.33. The number of hydrogen-bond acceptors (Lipinski definition) is 1. The molecule has 0 aliphatic rings. The molecule has 0 saturated heterocycles. The normalized spacial score (nSPS) is 11.7. The van der Waals surface area contributed by atoms with Crippen molar-refractivity contribution in [1.29, 1.82) is 0 Å². The molecule has 0 rings (SSSR count). The molecule has 0 heterocycles. The van der Waals surface area contributed by atoms with E-state index in [-0.39, 0.29) is 5.41 Å². The van der Waals surface area contributed by atoms with Crippen molar-refractivity contribution in [1.82, 2.24) is 0 Å². The van der Waals surface area contributed by atoms with Gasteiger partial charge in [-0.3, -0.25) is 4.79 Å². The maximum absolute atomic E-state index is 11.1. The summed E-state index contributed by atoms with van der Waals surface area (Å²) < 4.78 is 0. The maximum Gasteiger partial charge on any atom is 0.303 e. The van der Waals surface area contributed by atoms with Crippen LogP contribution in [0.15, 0.2) is 0 Å². The maximum atomic E-state index is 11.1. The lowest BCUT2D eigenvalue weighted by atomic mass is 9.72. The van der Waals surface area contributed by atoms with Gasteiger partial charge in [0.05, 0.1) is 6.42 Å². The van der Waals surface area contributed by atoms with Crippen molar-refractivity contribution >= 4 is 5.97 Å². The van der Waals surface area contributed by atoms with Crippen LogP contribution in [0.2, 0.25) is 0 Å². The van der Waals surface area contributed by atoms with Crippen LogP contribution in [-0.2, 0) is 4.79 Å². The largest absolute Gasteiger partial charge is 0.481 e. The molecule has 0 aromatic heterocycles. The minimum absolute atomic E-state index is 0.0772. The van der Waals surface area contributed by atoms with Crippen LogP contribution in [0.1, 0.15) is 85.0 Å². The number of aliphatic carboxylic acids is 1. The van der Waals surface area contributed by atoms with Crippen molar-refractivity contribution in [3.8, 4) is 0 Å². The zero-order chi connectivity index (χ0) is 13.1. The van der Waals surface area contributed by atoms with E-state index in [9.17, 15) is 4.79 Å². The fraction of sp³-hybridized carbons (Fsp3) is 0.933. The summed E-state index contributed by atoms with van der Waals surface area (Å²) in [6.45, 7) is 6.56. The molecule has 2 heteroatoms. The minimum atomic E-state index is -0.617. The molecule has 0 saturated carbocycles. The van der Waals surface area contributed by atoms with Gasteiger partial charge in [0.1, 0.15) is 0 Å². The van der Waals surface area contributed by atoms with Gasteiger partial charge in [0, 0.05) is 0 Å². The Hall–Kier alpha value is -0.530. The lowest BCUT2D eigenvalue weighted by molar-refractivity contribution is -0.140. The van der Waals surface area contributed by atoms with Crippen LogP contribution < -0.4 is 0 Å². The number of carboxylic acids is 1. The fourth-order valence-corrected chi connectivity index (χ4v) is 2.62. The first-order valence-electron chi connectivity index (χ1n) is 7.32. The first-order valence-corrected chi connectivity index (χ1v) is 7.32. The van der Waals surface area contributed by atoms with E-state index in [1.165, 1.54) is 38.5 Å². The third-order valence-electron chi connectivity index (χ3n) is 3.71. The van der Waals surface area contributed by atoms with E-state index in [1.807, 2.05) is 0 Å². The van der Waals surface area contributed by atoms with Gasteiger partial charge in [0.2, 0.25) is 0 Å². The van der Waals surface area contributed by atoms with E-state index in [4.69, 9.17) is 5.11 Å². The monoisotopic (exact) mass is 242 g/mol. The number of carbonyl (C=O) groups is 1. The Labute approximate surface area is 107 Å². The molecule has 0 aliphatic carbocycles. The molecule has 0 atom stereocenters. The molecule has 0 unspecified atom stereocenters. The highest BCUT2D eigenvalue weighted by Crippen LogP contribution is 2.39. The summed E-state index contributed by atoms with van der Waals surface area (Å²) in [7, 11) is 0. The summed E-state index contributed by atoms with van der Waals surface area (Å²) >= 11 is 0. The summed E-state index contributed by atoms with van der Waals surface area (Å²) in [5.41, 5.74) is 0.0772. The van der Waals surface area contributed by atoms with Crippen LogP contribution in [-0.4, -0.2) is 11.1 Å². The topological polar surface area (TPSA) is 37.3 Å². The average Bonchev–Trinajstić information content (AvgIpc) is 2.30. The van der Waals surface area contributed by atoms with Gasteiger partial charge in [0.15, 0.2) is 0 Å². The summed E-state index contributed by atoms with van der Waals surface area (Å²) in [5.74, 6) is -0.617. The number of rotatable bonds is 11. The predicted octanol–water partition coefficient (Wildman–Crippen LogP) is 5.02. The number of carboxylic acid groups (broad SMARTS) is 1. The van der Waals surface area contributed by atoms with E-state index >= 15 is 0 Å². The second-order valence-electron chi connectivity index (χ2n) is 5.38. The molecule has 0 bridgehead atoms. The molecule has 0 spiro atoms. The molecule has 0 radical (unpaired) electrons. The molecule has 2 nitrogen and oxygen atoms in total. The van der Waals surface area contributed by atoms with Crippen LogP contribution in [0, 0.1) is 5.41 Å². The third kappa shape index (κ3) is 7.40. The van der Waals surface area contributed by atoms with Gasteiger partial charge in [0.25, 0.3) is 0 Å². The molecule has 0 fully saturated rings. The van der Waals surface area contributed by atoms with Crippen LogP contribution in [0.25, 0.3) is 0 Å².